The van der Waals surface area contributed by atoms with Gasteiger partial charge in [0, 0.05) is 13.1 Å². The molecule has 1 aromatic carbocycles. The minimum Gasteiger partial charge on any atom is -0.444 e. The number of nitrogens with zero attached hydrogens (tertiary/aromatic N) is 4. The van der Waals surface area contributed by atoms with Gasteiger partial charge in [-0.3, -0.25) is 0 Å². The Morgan fingerprint density at radius 2 is 1.75 bits per heavy atom. The fraction of sp³-hybridized carbons (Fsp3) is 0.571. The highest BCUT2D eigenvalue weighted by molar-refractivity contribution is 5.68. The van der Waals surface area contributed by atoms with Crippen molar-refractivity contribution >= 4 is 6.09 Å². The summed E-state index contributed by atoms with van der Waals surface area (Å²) in [5.41, 5.74) is 1.45. The number of benzene rings is 1. The summed E-state index contributed by atoms with van der Waals surface area (Å²) in [6, 6.07) is 8.10. The summed E-state index contributed by atoms with van der Waals surface area (Å²) >= 11 is 0. The molecule has 1 aliphatic heterocycles. The standard InChI is InChI=1S/C21H30N4O3/c1-15(2)25-19(26)24(14-22-25)18-8-6-16(7-9-18)17-10-12-23(13-11-17)20(27)28-21(3,4)5/h6-9,14-15,17H,10-13H2,1-5H3. The van der Waals surface area contributed by atoms with E-state index >= 15 is 0 Å². The van der Waals surface area contributed by atoms with Crippen LogP contribution in [-0.2, 0) is 4.74 Å². The third-order valence-corrected chi connectivity index (χ3v) is 4.97. The molecule has 7 heteroatoms. The number of rotatable bonds is 3. The number of hydrogen-bond acceptors (Lipinski definition) is 4. The van der Waals surface area contributed by atoms with E-state index in [-0.39, 0.29) is 17.8 Å². The number of amides is 1. The molecule has 0 saturated carbocycles. The van der Waals surface area contributed by atoms with E-state index < -0.39 is 5.60 Å². The van der Waals surface area contributed by atoms with Crippen molar-refractivity contribution in [3.05, 3.63) is 46.6 Å². The van der Waals surface area contributed by atoms with E-state index in [0.717, 1.165) is 18.5 Å². The van der Waals surface area contributed by atoms with Crippen LogP contribution in [0.5, 0.6) is 0 Å². The molecule has 1 aliphatic rings. The summed E-state index contributed by atoms with van der Waals surface area (Å²) in [7, 11) is 0. The van der Waals surface area contributed by atoms with E-state index in [4.69, 9.17) is 4.74 Å². The highest BCUT2D eigenvalue weighted by Gasteiger charge is 2.27. The average Bonchev–Trinajstić information content (AvgIpc) is 3.02. The Morgan fingerprint density at radius 3 is 2.25 bits per heavy atom. The van der Waals surface area contributed by atoms with Crippen molar-refractivity contribution in [3.63, 3.8) is 0 Å². The first-order valence-corrected chi connectivity index (χ1v) is 9.90. The summed E-state index contributed by atoms with van der Waals surface area (Å²) in [5, 5.41) is 4.17. The van der Waals surface area contributed by atoms with Crippen LogP contribution in [0.1, 0.15) is 65.0 Å². The molecule has 0 unspecified atom stereocenters. The fourth-order valence-corrected chi connectivity index (χ4v) is 3.48. The maximum atomic E-state index is 12.4. The molecule has 0 bridgehead atoms. The van der Waals surface area contributed by atoms with Crippen LogP contribution >= 0.6 is 0 Å². The van der Waals surface area contributed by atoms with E-state index in [2.05, 4.69) is 17.2 Å². The third-order valence-electron chi connectivity index (χ3n) is 4.97. The molecule has 0 spiro atoms. The van der Waals surface area contributed by atoms with Gasteiger partial charge in [-0.1, -0.05) is 12.1 Å². The summed E-state index contributed by atoms with van der Waals surface area (Å²) < 4.78 is 8.50. The lowest BCUT2D eigenvalue weighted by Gasteiger charge is -2.33. The molecule has 1 saturated heterocycles. The number of carbonyl (C=O) groups is 1. The van der Waals surface area contributed by atoms with Gasteiger partial charge in [-0.15, -0.1) is 0 Å². The molecule has 2 aromatic rings. The molecular formula is C21H30N4O3. The van der Waals surface area contributed by atoms with Crippen LogP contribution in [0.4, 0.5) is 4.79 Å². The first-order chi connectivity index (χ1) is 13.2. The zero-order chi connectivity index (χ0) is 20.5. The number of likely N-dealkylation sites (tertiary alicyclic amines) is 1. The van der Waals surface area contributed by atoms with Gasteiger partial charge in [0.15, 0.2) is 0 Å². The molecule has 2 heterocycles. The van der Waals surface area contributed by atoms with Gasteiger partial charge in [-0.05, 0) is 71.1 Å². The molecule has 0 N–H and O–H groups in total. The van der Waals surface area contributed by atoms with Gasteiger partial charge in [0.2, 0.25) is 0 Å². The predicted molar refractivity (Wildman–Crippen MR) is 108 cm³/mol. The first kappa shape index (κ1) is 20.2. The summed E-state index contributed by atoms with van der Waals surface area (Å²) in [5.74, 6) is 0.405. The van der Waals surface area contributed by atoms with Crippen molar-refractivity contribution in [2.75, 3.05) is 13.1 Å². The second-order valence-electron chi connectivity index (χ2n) is 8.66. The van der Waals surface area contributed by atoms with Crippen molar-refractivity contribution < 1.29 is 9.53 Å². The molecule has 0 aliphatic carbocycles. The quantitative estimate of drug-likeness (QED) is 0.806. The van der Waals surface area contributed by atoms with Gasteiger partial charge in [0.25, 0.3) is 0 Å². The fourth-order valence-electron chi connectivity index (χ4n) is 3.48. The van der Waals surface area contributed by atoms with Crippen molar-refractivity contribution in [2.45, 2.75) is 65.0 Å². The summed E-state index contributed by atoms with van der Waals surface area (Å²) in [4.78, 5) is 26.4. The van der Waals surface area contributed by atoms with Gasteiger partial charge in [0.1, 0.15) is 11.9 Å². The van der Waals surface area contributed by atoms with Crippen LogP contribution in [0.15, 0.2) is 35.4 Å². The van der Waals surface area contributed by atoms with Crippen LogP contribution < -0.4 is 5.69 Å². The van der Waals surface area contributed by atoms with Crippen molar-refractivity contribution in [1.29, 1.82) is 0 Å². The van der Waals surface area contributed by atoms with E-state index in [0.29, 0.717) is 19.0 Å². The van der Waals surface area contributed by atoms with E-state index in [9.17, 15) is 9.59 Å². The lowest BCUT2D eigenvalue weighted by atomic mass is 9.89. The van der Waals surface area contributed by atoms with E-state index in [1.165, 1.54) is 10.2 Å². The Bertz CT molecular complexity index is 866. The van der Waals surface area contributed by atoms with Crippen LogP contribution in [0.25, 0.3) is 5.69 Å². The van der Waals surface area contributed by atoms with Crippen molar-refractivity contribution in [3.8, 4) is 5.69 Å². The largest absolute Gasteiger partial charge is 0.444 e. The lowest BCUT2D eigenvalue weighted by Crippen LogP contribution is -2.41. The number of piperidine rings is 1. The Kier molecular flexibility index (Phi) is 5.63. The van der Waals surface area contributed by atoms with Crippen molar-refractivity contribution in [1.82, 2.24) is 19.2 Å². The monoisotopic (exact) mass is 386 g/mol. The highest BCUT2D eigenvalue weighted by atomic mass is 16.6. The second kappa shape index (κ2) is 7.81. The molecule has 7 nitrogen and oxygen atoms in total. The maximum absolute atomic E-state index is 12.4. The maximum Gasteiger partial charge on any atom is 0.410 e. The zero-order valence-corrected chi connectivity index (χ0v) is 17.4. The van der Waals surface area contributed by atoms with Crippen LogP contribution in [-0.4, -0.2) is 44.0 Å². The SMILES string of the molecule is CC(C)n1ncn(-c2ccc(C3CCN(C(=O)OC(C)(C)C)CC3)cc2)c1=O. The molecule has 28 heavy (non-hydrogen) atoms. The van der Waals surface area contributed by atoms with Gasteiger partial charge in [0.05, 0.1) is 11.7 Å². The minimum absolute atomic E-state index is 0.0307. The van der Waals surface area contributed by atoms with Crippen LogP contribution in [0.3, 0.4) is 0 Å². The molecule has 1 amide bonds. The second-order valence-corrected chi connectivity index (χ2v) is 8.66. The molecule has 1 aromatic heterocycles. The van der Waals surface area contributed by atoms with Crippen LogP contribution in [0, 0.1) is 0 Å². The third kappa shape index (κ3) is 4.46. The first-order valence-electron chi connectivity index (χ1n) is 9.90. The zero-order valence-electron chi connectivity index (χ0n) is 17.4. The van der Waals surface area contributed by atoms with Gasteiger partial charge < -0.3 is 9.64 Å². The number of carbonyl (C=O) groups excluding carboxylic acids is 1. The minimum atomic E-state index is -0.467. The normalized spacial score (nSPS) is 15.9. The van der Waals surface area contributed by atoms with E-state index in [1.54, 1.807) is 15.8 Å². The molecule has 3 rings (SSSR count). The molecule has 152 valence electrons. The number of hydrogen-bond donors (Lipinski definition) is 0. The molecule has 1 fully saturated rings. The van der Waals surface area contributed by atoms with Gasteiger partial charge in [-0.25, -0.2) is 18.8 Å². The van der Waals surface area contributed by atoms with Crippen LogP contribution in [0.2, 0.25) is 0 Å². The van der Waals surface area contributed by atoms with E-state index in [1.807, 2.05) is 46.8 Å². The Labute approximate surface area is 165 Å². The molecule has 0 atom stereocenters. The Morgan fingerprint density at radius 1 is 1.14 bits per heavy atom. The summed E-state index contributed by atoms with van der Waals surface area (Å²) in [6.45, 7) is 10.9. The Balaban J connectivity index is 1.64. The average molecular weight is 386 g/mol. The molecule has 0 radical (unpaired) electrons. The van der Waals surface area contributed by atoms with Crippen molar-refractivity contribution in [2.24, 2.45) is 0 Å². The highest BCUT2D eigenvalue weighted by Crippen LogP contribution is 2.29. The molecular weight excluding hydrogens is 356 g/mol. The predicted octanol–water partition coefficient (Wildman–Crippen LogP) is 3.73. The smallest absolute Gasteiger partial charge is 0.410 e. The topological polar surface area (TPSA) is 69.4 Å². The number of ether oxygens (including phenoxy) is 1. The van der Waals surface area contributed by atoms with Gasteiger partial charge in [-0.2, -0.15) is 5.10 Å². The Hall–Kier alpha value is -2.57. The summed E-state index contributed by atoms with van der Waals surface area (Å²) in [6.07, 6.45) is 3.15. The number of aromatic nitrogens is 3. The lowest BCUT2D eigenvalue weighted by molar-refractivity contribution is 0.0205. The van der Waals surface area contributed by atoms with Gasteiger partial charge >= 0.3 is 11.8 Å².